The fourth-order valence-corrected chi connectivity index (χ4v) is 2.91. The van der Waals surface area contributed by atoms with Crippen LogP contribution in [0.3, 0.4) is 0 Å². The van der Waals surface area contributed by atoms with Gasteiger partial charge in [0.25, 0.3) is 0 Å². The second-order valence-electron chi connectivity index (χ2n) is 6.53. The summed E-state index contributed by atoms with van der Waals surface area (Å²) in [5.74, 6) is -2.39. The van der Waals surface area contributed by atoms with Gasteiger partial charge in [-0.15, -0.1) is 0 Å². The minimum absolute atomic E-state index is 0.139. The Morgan fingerprint density at radius 1 is 1.03 bits per heavy atom. The van der Waals surface area contributed by atoms with Crippen LogP contribution in [0.4, 0.5) is 23.2 Å². The first-order valence-corrected chi connectivity index (χ1v) is 8.44. The number of carbonyl (C=O) groups excluding carboxylic acids is 1. The first-order chi connectivity index (χ1) is 13.8. The summed E-state index contributed by atoms with van der Waals surface area (Å²) in [5.41, 5.74) is 0.404. The molecule has 3 aromatic rings. The van der Waals surface area contributed by atoms with Crippen LogP contribution in [0.25, 0.3) is 11.4 Å². The summed E-state index contributed by atoms with van der Waals surface area (Å²) in [6.45, 7) is 0.277. The van der Waals surface area contributed by atoms with Gasteiger partial charge in [-0.3, -0.25) is 4.79 Å². The fraction of sp³-hybridized carbons (Fsp3) is 0.211. The van der Waals surface area contributed by atoms with E-state index in [1.165, 1.54) is 36.4 Å². The Balaban J connectivity index is 1.55. The van der Waals surface area contributed by atoms with Crippen molar-refractivity contribution >= 4 is 11.6 Å². The number of alkyl halides is 3. The van der Waals surface area contributed by atoms with Crippen molar-refractivity contribution in [1.29, 1.82) is 0 Å². The van der Waals surface area contributed by atoms with Gasteiger partial charge in [0.2, 0.25) is 11.7 Å². The lowest BCUT2D eigenvalue weighted by Gasteiger charge is -2.40. The van der Waals surface area contributed by atoms with Gasteiger partial charge < -0.3 is 14.6 Å². The topological polar surface area (TPSA) is 77.3 Å². The molecule has 4 rings (SSSR count). The number of nitrogens with zero attached hydrogens (tertiary/aromatic N) is 2. The molecule has 1 amide bonds. The molecule has 0 saturated carbocycles. The number of benzene rings is 2. The molecular formula is C19H13F4N3O3. The number of carbonyl (C=O) groups is 1. The van der Waals surface area contributed by atoms with Gasteiger partial charge in [0, 0.05) is 11.3 Å². The van der Waals surface area contributed by atoms with Gasteiger partial charge >= 0.3 is 12.1 Å². The summed E-state index contributed by atoms with van der Waals surface area (Å²) in [5, 5.41) is 6.06. The van der Waals surface area contributed by atoms with Gasteiger partial charge in [-0.1, -0.05) is 29.4 Å². The largest absolute Gasteiger partial charge is 0.471 e. The Kier molecular flexibility index (Phi) is 4.58. The van der Waals surface area contributed by atoms with E-state index in [-0.39, 0.29) is 24.9 Å². The smallest absolute Gasteiger partial charge is 0.378 e. The summed E-state index contributed by atoms with van der Waals surface area (Å²) >= 11 is 0. The maximum absolute atomic E-state index is 13.0. The third kappa shape index (κ3) is 3.58. The zero-order chi connectivity index (χ0) is 20.6. The van der Waals surface area contributed by atoms with E-state index < -0.39 is 23.3 Å². The van der Waals surface area contributed by atoms with Crippen LogP contribution in [0.1, 0.15) is 11.5 Å². The molecular weight excluding hydrogens is 394 g/mol. The second-order valence-corrected chi connectivity index (χ2v) is 6.53. The number of aromatic nitrogens is 2. The lowest BCUT2D eigenvalue weighted by molar-refractivity contribution is -0.159. The van der Waals surface area contributed by atoms with Crippen LogP contribution in [0, 0.1) is 5.82 Å². The Morgan fingerprint density at radius 3 is 2.21 bits per heavy atom. The highest BCUT2D eigenvalue weighted by molar-refractivity contribution is 6.00. The maximum Gasteiger partial charge on any atom is 0.471 e. The SMILES string of the molecule is O=C(Nc1ccc(F)cc1)C1(c2ccc(-c3noc(C(F)(F)F)n3)cc2)COC1. The second kappa shape index (κ2) is 6.96. The van der Waals surface area contributed by atoms with Gasteiger partial charge in [-0.2, -0.15) is 18.2 Å². The zero-order valence-corrected chi connectivity index (χ0v) is 14.7. The molecule has 29 heavy (non-hydrogen) atoms. The molecule has 0 atom stereocenters. The molecule has 2 aromatic carbocycles. The molecule has 1 saturated heterocycles. The van der Waals surface area contributed by atoms with E-state index in [0.29, 0.717) is 16.8 Å². The van der Waals surface area contributed by atoms with Crippen molar-refractivity contribution in [3.8, 4) is 11.4 Å². The quantitative estimate of drug-likeness (QED) is 0.666. The van der Waals surface area contributed by atoms with Crippen LogP contribution in [0.15, 0.2) is 53.1 Å². The maximum atomic E-state index is 13.0. The van der Waals surface area contributed by atoms with Crippen molar-refractivity contribution in [1.82, 2.24) is 10.1 Å². The molecule has 1 fully saturated rings. The van der Waals surface area contributed by atoms with Crippen molar-refractivity contribution in [2.24, 2.45) is 0 Å². The van der Waals surface area contributed by atoms with E-state index >= 15 is 0 Å². The number of hydrogen-bond donors (Lipinski definition) is 1. The average Bonchev–Trinajstić information content (AvgIpc) is 3.14. The van der Waals surface area contributed by atoms with Crippen molar-refractivity contribution in [2.45, 2.75) is 11.6 Å². The van der Waals surface area contributed by atoms with Crippen LogP contribution in [0.2, 0.25) is 0 Å². The number of ether oxygens (including phenoxy) is 1. The molecule has 10 heteroatoms. The molecule has 0 spiro atoms. The van der Waals surface area contributed by atoms with Crippen LogP contribution < -0.4 is 5.32 Å². The van der Waals surface area contributed by atoms with E-state index in [0.717, 1.165) is 0 Å². The van der Waals surface area contributed by atoms with E-state index in [2.05, 4.69) is 20.0 Å². The van der Waals surface area contributed by atoms with E-state index in [4.69, 9.17) is 4.74 Å². The molecule has 0 aliphatic carbocycles. The van der Waals surface area contributed by atoms with Gasteiger partial charge in [0.05, 0.1) is 13.2 Å². The van der Waals surface area contributed by atoms with Crippen LogP contribution in [-0.4, -0.2) is 29.3 Å². The molecule has 1 aliphatic heterocycles. The third-order valence-corrected chi connectivity index (χ3v) is 4.60. The molecule has 0 unspecified atom stereocenters. The lowest BCUT2D eigenvalue weighted by atomic mass is 9.77. The fourth-order valence-electron chi connectivity index (χ4n) is 2.91. The highest BCUT2D eigenvalue weighted by atomic mass is 19.4. The standard InChI is InChI=1S/C19H13F4N3O3/c20-13-5-7-14(8-6-13)24-16(27)18(9-28-10-18)12-3-1-11(2-4-12)15-25-17(29-26-15)19(21,22)23/h1-8H,9-10H2,(H,24,27). The average molecular weight is 407 g/mol. The Labute approximate surface area is 161 Å². The monoisotopic (exact) mass is 407 g/mol. The summed E-state index contributed by atoms with van der Waals surface area (Å²) in [4.78, 5) is 16.2. The van der Waals surface area contributed by atoms with E-state index in [1.807, 2.05) is 0 Å². The van der Waals surface area contributed by atoms with Crippen molar-refractivity contribution in [2.75, 3.05) is 18.5 Å². The molecule has 0 bridgehead atoms. The van der Waals surface area contributed by atoms with Crippen molar-refractivity contribution < 1.29 is 31.6 Å². The van der Waals surface area contributed by atoms with Crippen molar-refractivity contribution in [3.63, 3.8) is 0 Å². The first-order valence-electron chi connectivity index (χ1n) is 8.44. The minimum Gasteiger partial charge on any atom is -0.378 e. The van der Waals surface area contributed by atoms with Crippen LogP contribution >= 0.6 is 0 Å². The summed E-state index contributed by atoms with van der Waals surface area (Å²) in [7, 11) is 0. The molecule has 150 valence electrons. The van der Waals surface area contributed by atoms with Gasteiger partial charge in [-0.25, -0.2) is 4.39 Å². The number of halogens is 4. The molecule has 0 radical (unpaired) electrons. The normalized spacial score (nSPS) is 15.6. The number of nitrogens with one attached hydrogen (secondary N) is 1. The van der Waals surface area contributed by atoms with E-state index in [9.17, 15) is 22.4 Å². The van der Waals surface area contributed by atoms with Gasteiger partial charge in [0.1, 0.15) is 11.2 Å². The highest BCUT2D eigenvalue weighted by Gasteiger charge is 2.47. The van der Waals surface area contributed by atoms with Crippen LogP contribution in [-0.2, 0) is 21.1 Å². The number of hydrogen-bond acceptors (Lipinski definition) is 5. The third-order valence-electron chi connectivity index (χ3n) is 4.60. The Morgan fingerprint density at radius 2 is 1.69 bits per heavy atom. The number of rotatable bonds is 4. The van der Waals surface area contributed by atoms with E-state index in [1.54, 1.807) is 12.1 Å². The summed E-state index contributed by atoms with van der Waals surface area (Å²) in [6, 6.07) is 11.6. The number of amides is 1. The number of anilines is 1. The zero-order valence-electron chi connectivity index (χ0n) is 14.7. The Hall–Kier alpha value is -3.27. The highest BCUT2D eigenvalue weighted by Crippen LogP contribution is 2.35. The lowest BCUT2D eigenvalue weighted by Crippen LogP contribution is -2.55. The minimum atomic E-state index is -4.73. The molecule has 1 aromatic heterocycles. The molecule has 6 nitrogen and oxygen atoms in total. The van der Waals surface area contributed by atoms with Crippen LogP contribution in [0.5, 0.6) is 0 Å². The predicted molar refractivity (Wildman–Crippen MR) is 92.3 cm³/mol. The molecule has 2 heterocycles. The van der Waals surface area contributed by atoms with Gasteiger partial charge in [-0.05, 0) is 29.8 Å². The predicted octanol–water partition coefficient (Wildman–Crippen LogP) is 3.80. The first kappa shape index (κ1) is 19.1. The summed E-state index contributed by atoms with van der Waals surface area (Å²) < 4.78 is 60.3. The summed E-state index contributed by atoms with van der Waals surface area (Å²) in [6.07, 6.45) is -4.73. The van der Waals surface area contributed by atoms with Crippen molar-refractivity contribution in [3.05, 3.63) is 65.8 Å². The Bertz CT molecular complexity index is 1030. The van der Waals surface area contributed by atoms with Gasteiger partial charge in [0.15, 0.2) is 0 Å². The molecule has 1 aliphatic rings. The molecule has 1 N–H and O–H groups in total.